The summed E-state index contributed by atoms with van der Waals surface area (Å²) in [5, 5.41) is 20.7. The molecule has 0 saturated heterocycles. The Bertz CT molecular complexity index is 663. The van der Waals surface area contributed by atoms with Gasteiger partial charge in [0.2, 0.25) is 0 Å². The van der Waals surface area contributed by atoms with Gasteiger partial charge in [-0.1, -0.05) is 25.5 Å². The first-order chi connectivity index (χ1) is 11.3. The summed E-state index contributed by atoms with van der Waals surface area (Å²) >= 11 is 0. The Morgan fingerprint density at radius 1 is 1.25 bits per heavy atom. The van der Waals surface area contributed by atoms with Crippen molar-refractivity contribution in [3.05, 3.63) is 23.8 Å². The lowest BCUT2D eigenvalue weighted by Crippen LogP contribution is -2.56. The number of carboxylic acid groups (broad SMARTS) is 1. The number of hydrogen-bond donors (Lipinski definition) is 2. The fraction of sp³-hybridized carbons (Fsp3) is 0.700. The minimum Gasteiger partial charge on any atom is -0.481 e. The number of hydrogen-bond acceptors (Lipinski definition) is 3. The first kappa shape index (κ1) is 16.1. The number of rotatable bonds is 1. The van der Waals surface area contributed by atoms with Crippen molar-refractivity contribution < 1.29 is 19.8 Å². The molecule has 4 nitrogen and oxygen atoms in total. The Morgan fingerprint density at radius 3 is 2.71 bits per heavy atom. The highest BCUT2D eigenvalue weighted by molar-refractivity contribution is 6.01. The van der Waals surface area contributed by atoms with Crippen LogP contribution in [0.1, 0.15) is 46.0 Å². The minimum atomic E-state index is -0.712. The Hall–Kier alpha value is -1.42. The van der Waals surface area contributed by atoms with E-state index in [0.717, 1.165) is 31.3 Å². The van der Waals surface area contributed by atoms with Gasteiger partial charge in [0, 0.05) is 11.3 Å². The van der Waals surface area contributed by atoms with Crippen molar-refractivity contribution in [3.8, 4) is 0 Å². The van der Waals surface area contributed by atoms with Gasteiger partial charge in [0.1, 0.15) is 0 Å². The van der Waals surface area contributed by atoms with Crippen LogP contribution < -0.4 is 0 Å². The second-order valence-electron chi connectivity index (χ2n) is 8.77. The number of aliphatic hydroxyl groups is 1. The van der Waals surface area contributed by atoms with Crippen LogP contribution in [0.2, 0.25) is 0 Å². The predicted octanol–water partition coefficient (Wildman–Crippen LogP) is 2.97. The van der Waals surface area contributed by atoms with Crippen LogP contribution in [-0.4, -0.2) is 28.1 Å². The Balaban J connectivity index is 1.74. The maximum atomic E-state index is 11.8. The molecule has 24 heavy (non-hydrogen) atoms. The first-order valence-corrected chi connectivity index (χ1v) is 9.12. The molecule has 4 rings (SSSR count). The number of ketones is 1. The number of carbonyl (C=O) groups is 2. The molecule has 130 valence electrons. The van der Waals surface area contributed by atoms with Crippen LogP contribution in [0.25, 0.3) is 0 Å². The summed E-state index contributed by atoms with van der Waals surface area (Å²) in [6.07, 6.45) is 8.94. The zero-order valence-corrected chi connectivity index (χ0v) is 14.4. The maximum absolute atomic E-state index is 11.8. The van der Waals surface area contributed by atoms with Crippen molar-refractivity contribution in [2.24, 2.45) is 34.5 Å². The lowest BCUT2D eigenvalue weighted by atomic mass is 9.47. The van der Waals surface area contributed by atoms with Gasteiger partial charge in [0.25, 0.3) is 0 Å². The van der Waals surface area contributed by atoms with Crippen molar-refractivity contribution in [2.45, 2.75) is 52.1 Å². The van der Waals surface area contributed by atoms with E-state index >= 15 is 0 Å². The Morgan fingerprint density at radius 2 is 2.00 bits per heavy atom. The highest BCUT2D eigenvalue weighted by Gasteiger charge is 2.62. The third-order valence-electron chi connectivity index (χ3n) is 7.79. The second-order valence-corrected chi connectivity index (χ2v) is 8.77. The van der Waals surface area contributed by atoms with Crippen LogP contribution in [0.15, 0.2) is 23.8 Å². The monoisotopic (exact) mass is 330 g/mol. The molecule has 4 aliphatic rings. The number of aliphatic hydroxyl groups excluding tert-OH is 1. The number of fused-ring (bicyclic) bond motifs is 5. The summed E-state index contributed by atoms with van der Waals surface area (Å²) in [4.78, 5) is 23.5. The largest absolute Gasteiger partial charge is 0.481 e. The van der Waals surface area contributed by atoms with Gasteiger partial charge in [-0.3, -0.25) is 9.59 Å². The molecule has 4 aliphatic carbocycles. The van der Waals surface area contributed by atoms with E-state index in [9.17, 15) is 19.8 Å². The molecule has 0 aromatic carbocycles. The van der Waals surface area contributed by atoms with Crippen molar-refractivity contribution in [1.29, 1.82) is 0 Å². The van der Waals surface area contributed by atoms with Crippen LogP contribution in [0, 0.1) is 34.5 Å². The summed E-state index contributed by atoms with van der Waals surface area (Å²) in [5.74, 6) is -0.224. The minimum absolute atomic E-state index is 0.0443. The lowest BCUT2D eigenvalue weighted by Gasteiger charge is -2.58. The van der Waals surface area contributed by atoms with E-state index in [1.807, 2.05) is 6.08 Å². The average Bonchev–Trinajstić information content (AvgIpc) is 2.84. The average molecular weight is 330 g/mol. The molecule has 3 saturated carbocycles. The molecule has 7 unspecified atom stereocenters. The predicted molar refractivity (Wildman–Crippen MR) is 89.1 cm³/mol. The highest BCUT2D eigenvalue weighted by atomic mass is 16.4. The maximum Gasteiger partial charge on any atom is 0.307 e. The molecule has 0 spiro atoms. The topological polar surface area (TPSA) is 74.6 Å². The molecular weight excluding hydrogens is 304 g/mol. The van der Waals surface area contributed by atoms with Gasteiger partial charge < -0.3 is 10.2 Å². The van der Waals surface area contributed by atoms with Gasteiger partial charge in [-0.15, -0.1) is 0 Å². The van der Waals surface area contributed by atoms with Crippen LogP contribution in [-0.2, 0) is 9.59 Å². The molecule has 0 heterocycles. The molecule has 3 fully saturated rings. The molecule has 0 amide bonds. The number of aliphatic carboxylic acids is 1. The number of allylic oxidation sites excluding steroid dienone is 4. The Labute approximate surface area is 142 Å². The molecule has 0 aliphatic heterocycles. The van der Waals surface area contributed by atoms with Gasteiger partial charge in [-0.25, -0.2) is 0 Å². The van der Waals surface area contributed by atoms with E-state index in [4.69, 9.17) is 0 Å². The van der Waals surface area contributed by atoms with Crippen LogP contribution in [0.4, 0.5) is 0 Å². The van der Waals surface area contributed by atoms with E-state index in [0.29, 0.717) is 18.3 Å². The number of carbonyl (C=O) groups excluding carboxylic acids is 1. The van der Waals surface area contributed by atoms with Crippen molar-refractivity contribution in [1.82, 2.24) is 0 Å². The van der Waals surface area contributed by atoms with Gasteiger partial charge >= 0.3 is 5.97 Å². The van der Waals surface area contributed by atoms with Crippen molar-refractivity contribution >= 4 is 11.8 Å². The van der Waals surface area contributed by atoms with Gasteiger partial charge in [0.15, 0.2) is 5.78 Å². The van der Waals surface area contributed by atoms with E-state index in [1.54, 1.807) is 12.2 Å². The molecular formula is C20H26O4. The van der Waals surface area contributed by atoms with Crippen LogP contribution in [0.3, 0.4) is 0 Å². The SMILES string of the molecule is CC12C=CC(=O)C=C1CCC1C2C(O)CC2(C)C(C(=O)O)CCC12. The van der Waals surface area contributed by atoms with Crippen molar-refractivity contribution in [3.63, 3.8) is 0 Å². The Kier molecular flexibility index (Phi) is 3.38. The molecule has 7 atom stereocenters. The highest BCUT2D eigenvalue weighted by Crippen LogP contribution is 2.65. The molecule has 0 radical (unpaired) electrons. The summed E-state index contributed by atoms with van der Waals surface area (Å²) in [7, 11) is 0. The van der Waals surface area contributed by atoms with E-state index < -0.39 is 12.1 Å². The second kappa shape index (κ2) is 5.04. The number of carboxylic acids is 1. The summed E-state index contributed by atoms with van der Waals surface area (Å²) in [6, 6.07) is 0. The smallest absolute Gasteiger partial charge is 0.307 e. The normalized spacial score (nSPS) is 49.9. The molecule has 2 N–H and O–H groups in total. The summed E-state index contributed by atoms with van der Waals surface area (Å²) < 4.78 is 0. The quantitative estimate of drug-likeness (QED) is 0.775. The van der Waals surface area contributed by atoms with Gasteiger partial charge in [0.05, 0.1) is 12.0 Å². The van der Waals surface area contributed by atoms with E-state index in [1.165, 1.54) is 0 Å². The third kappa shape index (κ3) is 1.95. The molecule has 4 heteroatoms. The molecule has 0 bridgehead atoms. The standard InChI is InChI=1S/C20H26O4/c1-19-8-7-12(21)9-11(19)3-4-13-14-5-6-15(18(23)24)20(14,2)10-16(22)17(13)19/h7-9,13-17,22H,3-6,10H2,1-2H3,(H,23,24). The zero-order valence-electron chi connectivity index (χ0n) is 14.4. The van der Waals surface area contributed by atoms with E-state index in [-0.39, 0.29) is 28.4 Å². The van der Waals surface area contributed by atoms with Crippen molar-refractivity contribution in [2.75, 3.05) is 0 Å². The van der Waals surface area contributed by atoms with Gasteiger partial charge in [-0.05, 0) is 61.5 Å². The van der Waals surface area contributed by atoms with Crippen LogP contribution in [0.5, 0.6) is 0 Å². The van der Waals surface area contributed by atoms with Crippen LogP contribution >= 0.6 is 0 Å². The summed E-state index contributed by atoms with van der Waals surface area (Å²) in [6.45, 7) is 4.23. The summed E-state index contributed by atoms with van der Waals surface area (Å²) in [5.41, 5.74) is 0.573. The zero-order chi connectivity index (χ0) is 17.3. The third-order valence-corrected chi connectivity index (χ3v) is 7.79. The lowest BCUT2D eigenvalue weighted by molar-refractivity contribution is -0.155. The first-order valence-electron chi connectivity index (χ1n) is 9.12. The molecule has 0 aromatic heterocycles. The van der Waals surface area contributed by atoms with Gasteiger partial charge in [-0.2, -0.15) is 0 Å². The van der Waals surface area contributed by atoms with E-state index in [2.05, 4.69) is 13.8 Å². The fourth-order valence-electron chi connectivity index (χ4n) is 6.73. The molecule has 0 aromatic rings. The fourth-order valence-corrected chi connectivity index (χ4v) is 6.73.